The number of carbonyl (C=O) groups excluding carboxylic acids is 1. The van der Waals surface area contributed by atoms with Crippen molar-refractivity contribution in [1.82, 2.24) is 4.98 Å². The second-order valence-corrected chi connectivity index (χ2v) is 7.89. The van der Waals surface area contributed by atoms with Crippen molar-refractivity contribution in [2.45, 2.75) is 0 Å². The summed E-state index contributed by atoms with van der Waals surface area (Å²) in [4.78, 5) is 18.4. The van der Waals surface area contributed by atoms with Crippen LogP contribution in [0.3, 0.4) is 0 Å². The summed E-state index contributed by atoms with van der Waals surface area (Å²) in [5, 5.41) is 0. The van der Waals surface area contributed by atoms with Crippen LogP contribution >= 0.6 is 15.9 Å². The van der Waals surface area contributed by atoms with Crippen LogP contribution < -0.4 is 23.7 Å². The lowest BCUT2D eigenvalue weighted by Crippen LogP contribution is -2.05. The molecule has 0 aliphatic carbocycles. The molecule has 0 aliphatic heterocycles. The first-order chi connectivity index (χ1) is 16.5. The predicted octanol–water partition coefficient (Wildman–Crippen LogP) is 5.53. The number of methoxy groups -OCH3 is 5. The third kappa shape index (κ3) is 3.92. The Bertz CT molecular complexity index is 1340. The number of carbonyl (C=O) groups is 1. The van der Waals surface area contributed by atoms with Gasteiger partial charge in [-0.1, -0.05) is 0 Å². The van der Waals surface area contributed by atoms with Crippen LogP contribution in [0.1, 0.15) is 15.9 Å². The minimum Gasteiger partial charge on any atom is -0.497 e. The Labute approximate surface area is 204 Å². The minimum atomic E-state index is -0.326. The van der Waals surface area contributed by atoms with Crippen molar-refractivity contribution in [1.29, 1.82) is 0 Å². The van der Waals surface area contributed by atoms with Crippen molar-refractivity contribution < 1.29 is 32.9 Å². The van der Waals surface area contributed by atoms with Crippen LogP contribution in [-0.2, 0) is 0 Å². The summed E-state index contributed by atoms with van der Waals surface area (Å²) in [5.74, 6) is 2.30. The number of hydrogen-bond donors (Lipinski definition) is 0. The highest BCUT2D eigenvalue weighted by molar-refractivity contribution is 9.10. The standard InChI is InChI=1S/C25H22BrNO7/c1-29-15-8-6-13(7-9-15)23-19(21-25(34-23)20(26)18(32-4)12-27-21)22(28)14-10-16(30-2)24(33-5)17(11-14)31-3/h6-12H,1-5H3. The average molecular weight is 528 g/mol. The van der Waals surface area contributed by atoms with Crippen molar-refractivity contribution >= 4 is 32.8 Å². The Hall–Kier alpha value is -3.72. The molecule has 4 rings (SSSR count). The first-order valence-electron chi connectivity index (χ1n) is 10.1. The van der Waals surface area contributed by atoms with Gasteiger partial charge in [-0.3, -0.25) is 4.79 Å². The van der Waals surface area contributed by atoms with Gasteiger partial charge in [-0.2, -0.15) is 0 Å². The first kappa shape index (κ1) is 23.4. The van der Waals surface area contributed by atoms with E-state index >= 15 is 0 Å². The van der Waals surface area contributed by atoms with E-state index in [0.717, 1.165) is 0 Å². The van der Waals surface area contributed by atoms with Gasteiger partial charge in [-0.25, -0.2) is 4.98 Å². The monoisotopic (exact) mass is 527 g/mol. The molecule has 2 heterocycles. The van der Waals surface area contributed by atoms with Gasteiger partial charge in [0.1, 0.15) is 21.5 Å². The van der Waals surface area contributed by atoms with Gasteiger partial charge in [0, 0.05) is 11.1 Å². The van der Waals surface area contributed by atoms with E-state index in [1.165, 1.54) is 34.6 Å². The van der Waals surface area contributed by atoms with Crippen LogP contribution in [0.25, 0.3) is 22.4 Å². The fourth-order valence-electron chi connectivity index (χ4n) is 3.64. The second kappa shape index (κ2) is 9.64. The van der Waals surface area contributed by atoms with E-state index in [9.17, 15) is 4.79 Å². The number of rotatable bonds is 8. The number of furan rings is 1. The molecule has 0 spiro atoms. The van der Waals surface area contributed by atoms with Crippen molar-refractivity contribution in [3.8, 4) is 40.1 Å². The molecule has 0 atom stereocenters. The van der Waals surface area contributed by atoms with Crippen LogP contribution in [0.15, 0.2) is 51.5 Å². The number of aromatic nitrogens is 1. The molecule has 2 aromatic carbocycles. The fourth-order valence-corrected chi connectivity index (χ4v) is 4.17. The van der Waals surface area contributed by atoms with Crippen LogP contribution in [0.5, 0.6) is 28.7 Å². The van der Waals surface area contributed by atoms with E-state index in [1.54, 1.807) is 31.4 Å². The van der Waals surface area contributed by atoms with Gasteiger partial charge in [0.2, 0.25) is 5.75 Å². The molecule has 2 aromatic heterocycles. The predicted molar refractivity (Wildman–Crippen MR) is 130 cm³/mol. The normalized spacial score (nSPS) is 10.8. The highest BCUT2D eigenvalue weighted by Gasteiger charge is 2.28. The fraction of sp³-hybridized carbons (Fsp3) is 0.200. The van der Waals surface area contributed by atoms with E-state index in [-0.39, 0.29) is 11.3 Å². The largest absolute Gasteiger partial charge is 0.497 e. The Kier molecular flexibility index (Phi) is 6.65. The lowest BCUT2D eigenvalue weighted by molar-refractivity contribution is 0.103. The van der Waals surface area contributed by atoms with Gasteiger partial charge < -0.3 is 28.1 Å². The van der Waals surface area contributed by atoms with Gasteiger partial charge in [0.05, 0.1) is 47.3 Å². The number of halogens is 1. The summed E-state index contributed by atoms with van der Waals surface area (Å²) in [7, 11) is 7.60. The number of pyridine rings is 1. The topological polar surface area (TPSA) is 89.3 Å². The lowest BCUT2D eigenvalue weighted by Gasteiger charge is -2.13. The minimum absolute atomic E-state index is 0.290. The van der Waals surface area contributed by atoms with Crippen molar-refractivity contribution in [2.24, 2.45) is 0 Å². The molecule has 176 valence electrons. The highest BCUT2D eigenvalue weighted by Crippen LogP contribution is 2.43. The van der Waals surface area contributed by atoms with Crippen molar-refractivity contribution in [3.63, 3.8) is 0 Å². The van der Waals surface area contributed by atoms with E-state index in [4.69, 9.17) is 28.1 Å². The van der Waals surface area contributed by atoms with Crippen molar-refractivity contribution in [3.05, 3.63) is 58.2 Å². The van der Waals surface area contributed by atoms with E-state index in [0.29, 0.717) is 61.2 Å². The van der Waals surface area contributed by atoms with Crippen LogP contribution in [-0.4, -0.2) is 46.3 Å². The number of benzene rings is 2. The third-order valence-electron chi connectivity index (χ3n) is 5.34. The molecule has 0 aliphatic rings. The summed E-state index contributed by atoms with van der Waals surface area (Å²) in [6, 6.07) is 10.4. The molecule has 0 saturated heterocycles. The maximum absolute atomic E-state index is 13.9. The summed E-state index contributed by atoms with van der Waals surface area (Å²) in [6.07, 6.45) is 1.53. The molecule has 8 nitrogen and oxygen atoms in total. The zero-order chi connectivity index (χ0) is 24.4. The first-order valence-corrected chi connectivity index (χ1v) is 10.9. The molecule has 0 bridgehead atoms. The third-order valence-corrected chi connectivity index (χ3v) is 6.09. The number of ketones is 1. The molecule has 0 N–H and O–H groups in total. The van der Waals surface area contributed by atoms with Gasteiger partial charge >= 0.3 is 0 Å². The van der Waals surface area contributed by atoms with Crippen LogP contribution in [0.4, 0.5) is 0 Å². The molecule has 0 saturated carbocycles. The number of nitrogens with zero attached hydrogens (tertiary/aromatic N) is 1. The molecule has 34 heavy (non-hydrogen) atoms. The maximum Gasteiger partial charge on any atom is 0.203 e. The molecule has 9 heteroatoms. The summed E-state index contributed by atoms with van der Waals surface area (Å²) < 4.78 is 33.6. The number of fused-ring (bicyclic) bond motifs is 1. The van der Waals surface area contributed by atoms with E-state index < -0.39 is 0 Å². The summed E-state index contributed by atoms with van der Waals surface area (Å²) in [6.45, 7) is 0. The lowest BCUT2D eigenvalue weighted by atomic mass is 9.98. The van der Waals surface area contributed by atoms with Gasteiger partial charge in [-0.15, -0.1) is 0 Å². The second-order valence-electron chi connectivity index (χ2n) is 7.10. The molecule has 0 amide bonds. The number of hydrogen-bond acceptors (Lipinski definition) is 8. The average Bonchev–Trinajstić information content (AvgIpc) is 3.28. The van der Waals surface area contributed by atoms with Gasteiger partial charge in [0.15, 0.2) is 28.6 Å². The maximum atomic E-state index is 13.9. The van der Waals surface area contributed by atoms with Gasteiger partial charge in [-0.05, 0) is 52.3 Å². The summed E-state index contributed by atoms with van der Waals surface area (Å²) >= 11 is 3.51. The Morgan fingerprint density at radius 3 is 2.00 bits per heavy atom. The smallest absolute Gasteiger partial charge is 0.203 e. The quantitative estimate of drug-likeness (QED) is 0.276. The molecule has 0 fully saturated rings. The van der Waals surface area contributed by atoms with E-state index in [2.05, 4.69) is 20.9 Å². The van der Waals surface area contributed by atoms with Crippen molar-refractivity contribution in [2.75, 3.05) is 35.5 Å². The highest BCUT2D eigenvalue weighted by atomic mass is 79.9. The zero-order valence-corrected chi connectivity index (χ0v) is 20.8. The van der Waals surface area contributed by atoms with Gasteiger partial charge in [0.25, 0.3) is 0 Å². The van der Waals surface area contributed by atoms with E-state index in [1.807, 2.05) is 12.1 Å². The Balaban J connectivity index is 1.98. The summed E-state index contributed by atoms with van der Waals surface area (Å²) in [5.41, 5.74) is 2.07. The SMILES string of the molecule is COc1ccc(-c2oc3c(Br)c(OC)cnc3c2C(=O)c2cc(OC)c(OC)c(OC)c2)cc1. The molecule has 0 unspecified atom stereocenters. The van der Waals surface area contributed by atoms with Crippen LogP contribution in [0, 0.1) is 0 Å². The number of ether oxygens (including phenoxy) is 5. The molecule has 0 radical (unpaired) electrons. The Morgan fingerprint density at radius 2 is 1.47 bits per heavy atom. The van der Waals surface area contributed by atoms with Crippen LogP contribution in [0.2, 0.25) is 0 Å². The molecule has 4 aromatic rings. The Morgan fingerprint density at radius 1 is 0.853 bits per heavy atom. The zero-order valence-electron chi connectivity index (χ0n) is 19.2. The molecular formula is C25H22BrNO7. The molecular weight excluding hydrogens is 506 g/mol.